The van der Waals surface area contributed by atoms with Crippen LogP contribution in [0.2, 0.25) is 0 Å². The molecule has 0 spiro atoms. The summed E-state index contributed by atoms with van der Waals surface area (Å²) in [7, 11) is -6.93. The zero-order valence-corrected chi connectivity index (χ0v) is 16.1. The molecular formula is C18H23NO4S2. The molecule has 5 nitrogen and oxygen atoms in total. The predicted octanol–water partition coefficient (Wildman–Crippen LogP) is 2.82. The molecule has 0 bridgehead atoms. The Morgan fingerprint density at radius 3 is 2.44 bits per heavy atom. The minimum Gasteiger partial charge on any atom is -0.229 e. The average molecular weight is 382 g/mol. The number of hydrogen-bond acceptors (Lipinski definition) is 4. The van der Waals surface area contributed by atoms with Crippen LogP contribution in [0.25, 0.3) is 10.8 Å². The lowest BCUT2D eigenvalue weighted by Crippen LogP contribution is -2.46. The van der Waals surface area contributed by atoms with Gasteiger partial charge in [0.15, 0.2) is 9.84 Å². The summed E-state index contributed by atoms with van der Waals surface area (Å²) in [4.78, 5) is 0.218. The van der Waals surface area contributed by atoms with Crippen LogP contribution < -0.4 is 0 Å². The van der Waals surface area contributed by atoms with Crippen molar-refractivity contribution >= 4 is 30.6 Å². The van der Waals surface area contributed by atoms with Crippen LogP contribution in [0.5, 0.6) is 0 Å². The van der Waals surface area contributed by atoms with E-state index in [1.54, 1.807) is 18.2 Å². The Morgan fingerprint density at radius 2 is 1.84 bits per heavy atom. The molecule has 1 heterocycles. The van der Waals surface area contributed by atoms with Crippen molar-refractivity contribution in [1.82, 2.24) is 4.31 Å². The zero-order chi connectivity index (χ0) is 18.2. The van der Waals surface area contributed by atoms with Gasteiger partial charge in [0.05, 0.1) is 16.4 Å². The maximum Gasteiger partial charge on any atom is 0.243 e. The second kappa shape index (κ2) is 6.70. The molecule has 1 fully saturated rings. The maximum atomic E-state index is 13.3. The number of rotatable bonds is 5. The average Bonchev–Trinajstić information content (AvgIpc) is 2.93. The van der Waals surface area contributed by atoms with Crippen molar-refractivity contribution in [2.24, 2.45) is 0 Å². The fraction of sp³-hybridized carbons (Fsp3) is 0.444. The van der Waals surface area contributed by atoms with Crippen molar-refractivity contribution in [3.63, 3.8) is 0 Å². The summed E-state index contributed by atoms with van der Waals surface area (Å²) in [5, 5.41) is 1.83. The van der Waals surface area contributed by atoms with Crippen LogP contribution in [0, 0.1) is 0 Å². The first-order chi connectivity index (χ1) is 11.7. The van der Waals surface area contributed by atoms with Crippen molar-refractivity contribution in [3.05, 3.63) is 42.5 Å². The summed E-state index contributed by atoms with van der Waals surface area (Å²) in [6, 6.07) is 11.9. The SMILES string of the molecule is CC[C@@H](C)N([C@H]1CCS(=O)(=O)C1)S(=O)(=O)c1ccc2ccccc2c1. The quantitative estimate of drug-likeness (QED) is 0.798. The van der Waals surface area contributed by atoms with Crippen molar-refractivity contribution in [2.75, 3.05) is 11.5 Å². The van der Waals surface area contributed by atoms with Crippen molar-refractivity contribution < 1.29 is 16.8 Å². The molecule has 7 heteroatoms. The number of sulfonamides is 1. The van der Waals surface area contributed by atoms with Gasteiger partial charge in [-0.15, -0.1) is 0 Å². The number of hydrogen-bond donors (Lipinski definition) is 0. The van der Waals surface area contributed by atoms with E-state index < -0.39 is 25.9 Å². The molecule has 0 saturated carbocycles. The van der Waals surface area contributed by atoms with Gasteiger partial charge in [0.1, 0.15) is 0 Å². The Morgan fingerprint density at radius 1 is 1.16 bits per heavy atom. The monoisotopic (exact) mass is 381 g/mol. The molecule has 0 amide bonds. The van der Waals surface area contributed by atoms with Crippen LogP contribution in [0.3, 0.4) is 0 Å². The predicted molar refractivity (Wildman–Crippen MR) is 99.8 cm³/mol. The highest BCUT2D eigenvalue weighted by atomic mass is 32.2. The molecule has 3 rings (SSSR count). The Bertz CT molecular complexity index is 983. The molecule has 25 heavy (non-hydrogen) atoms. The summed E-state index contributed by atoms with van der Waals surface area (Å²) in [5.41, 5.74) is 0. The first-order valence-corrected chi connectivity index (χ1v) is 11.7. The smallest absolute Gasteiger partial charge is 0.229 e. The molecule has 0 N–H and O–H groups in total. The van der Waals surface area contributed by atoms with E-state index in [0.717, 1.165) is 10.8 Å². The first kappa shape index (κ1) is 18.4. The molecule has 2 atom stereocenters. The summed E-state index contributed by atoms with van der Waals surface area (Å²) in [6.07, 6.45) is 0.989. The van der Waals surface area contributed by atoms with E-state index in [1.165, 1.54) is 4.31 Å². The van der Waals surface area contributed by atoms with Crippen molar-refractivity contribution in [3.8, 4) is 0 Å². The highest BCUT2D eigenvalue weighted by Crippen LogP contribution is 2.29. The normalized spacial score (nSPS) is 21.6. The van der Waals surface area contributed by atoms with E-state index in [1.807, 2.05) is 38.1 Å². The Kier molecular flexibility index (Phi) is 4.92. The van der Waals surface area contributed by atoms with E-state index in [4.69, 9.17) is 0 Å². The number of sulfone groups is 1. The third kappa shape index (κ3) is 3.59. The molecule has 0 aromatic heterocycles. The molecule has 1 aliphatic rings. The van der Waals surface area contributed by atoms with E-state index in [-0.39, 0.29) is 22.4 Å². The highest BCUT2D eigenvalue weighted by Gasteiger charge is 2.40. The van der Waals surface area contributed by atoms with E-state index in [0.29, 0.717) is 12.8 Å². The van der Waals surface area contributed by atoms with Gasteiger partial charge in [-0.05, 0) is 42.7 Å². The van der Waals surface area contributed by atoms with Crippen LogP contribution >= 0.6 is 0 Å². The fourth-order valence-corrected chi connectivity index (χ4v) is 7.16. The van der Waals surface area contributed by atoms with Crippen LogP contribution in [0.4, 0.5) is 0 Å². The van der Waals surface area contributed by atoms with Gasteiger partial charge in [-0.1, -0.05) is 37.3 Å². The number of nitrogens with zero attached hydrogens (tertiary/aromatic N) is 1. The third-order valence-electron chi connectivity index (χ3n) is 4.89. The van der Waals surface area contributed by atoms with E-state index in [2.05, 4.69) is 0 Å². The Balaban J connectivity index is 2.06. The summed E-state index contributed by atoms with van der Waals surface area (Å²) in [5.74, 6) is -0.0397. The Hall–Kier alpha value is -1.44. The lowest BCUT2D eigenvalue weighted by atomic mass is 10.1. The Labute approximate surface area is 149 Å². The summed E-state index contributed by atoms with van der Waals surface area (Å²) in [6.45, 7) is 3.75. The van der Waals surface area contributed by atoms with E-state index in [9.17, 15) is 16.8 Å². The topological polar surface area (TPSA) is 71.5 Å². The van der Waals surface area contributed by atoms with Gasteiger partial charge in [-0.3, -0.25) is 0 Å². The summed E-state index contributed by atoms with van der Waals surface area (Å²) < 4.78 is 51.8. The van der Waals surface area contributed by atoms with Crippen LogP contribution in [-0.4, -0.2) is 44.7 Å². The zero-order valence-electron chi connectivity index (χ0n) is 14.4. The van der Waals surface area contributed by atoms with Crippen molar-refractivity contribution in [2.45, 2.75) is 43.7 Å². The maximum absolute atomic E-state index is 13.3. The van der Waals surface area contributed by atoms with Crippen LogP contribution in [0.15, 0.2) is 47.4 Å². The number of benzene rings is 2. The van der Waals surface area contributed by atoms with Gasteiger partial charge in [0, 0.05) is 12.1 Å². The molecule has 2 aromatic carbocycles. The van der Waals surface area contributed by atoms with Gasteiger partial charge >= 0.3 is 0 Å². The molecule has 136 valence electrons. The van der Waals surface area contributed by atoms with Gasteiger partial charge in [0.25, 0.3) is 0 Å². The minimum absolute atomic E-state index is 0.0534. The summed E-state index contributed by atoms with van der Waals surface area (Å²) >= 11 is 0. The van der Waals surface area contributed by atoms with Gasteiger partial charge in [-0.25, -0.2) is 16.8 Å². The first-order valence-electron chi connectivity index (χ1n) is 8.47. The van der Waals surface area contributed by atoms with Gasteiger partial charge < -0.3 is 0 Å². The van der Waals surface area contributed by atoms with Crippen molar-refractivity contribution in [1.29, 1.82) is 0 Å². The van der Waals surface area contributed by atoms with Gasteiger partial charge in [0.2, 0.25) is 10.0 Å². The standard InChI is InChI=1S/C18H23NO4S2/c1-3-14(2)19(17-10-11-24(20,21)13-17)25(22,23)18-9-8-15-6-4-5-7-16(15)12-18/h4-9,12,14,17H,3,10-11,13H2,1-2H3/t14-,17+/m1/s1. The molecule has 1 saturated heterocycles. The van der Waals surface area contributed by atoms with Crippen LogP contribution in [0.1, 0.15) is 26.7 Å². The molecule has 0 unspecified atom stereocenters. The fourth-order valence-electron chi connectivity index (χ4n) is 3.40. The molecule has 0 radical (unpaired) electrons. The largest absolute Gasteiger partial charge is 0.243 e. The molecular weight excluding hydrogens is 358 g/mol. The lowest BCUT2D eigenvalue weighted by molar-refractivity contribution is 0.271. The van der Waals surface area contributed by atoms with Gasteiger partial charge in [-0.2, -0.15) is 4.31 Å². The molecule has 2 aromatic rings. The second-order valence-corrected chi connectivity index (χ2v) is 10.7. The minimum atomic E-state index is -3.77. The highest BCUT2D eigenvalue weighted by molar-refractivity contribution is 7.92. The molecule has 1 aliphatic heterocycles. The second-order valence-electron chi connectivity index (χ2n) is 6.66. The van der Waals surface area contributed by atoms with Crippen LogP contribution in [-0.2, 0) is 19.9 Å². The lowest BCUT2D eigenvalue weighted by Gasteiger charge is -2.32. The number of fused-ring (bicyclic) bond motifs is 1. The van der Waals surface area contributed by atoms with E-state index >= 15 is 0 Å². The molecule has 0 aliphatic carbocycles. The third-order valence-corrected chi connectivity index (χ3v) is 8.70.